The number of hydrogen-bond acceptors (Lipinski definition) is 5. The van der Waals surface area contributed by atoms with E-state index < -0.39 is 0 Å². The van der Waals surface area contributed by atoms with Gasteiger partial charge in [0.1, 0.15) is 29.1 Å². The number of furan rings is 1. The molecule has 5 rings (SSSR count). The van der Waals surface area contributed by atoms with Gasteiger partial charge in [-0.15, -0.1) is 0 Å². The molecule has 4 aromatic rings. The van der Waals surface area contributed by atoms with Crippen LogP contribution < -0.4 is 19.7 Å². The molecule has 1 aliphatic heterocycles. The summed E-state index contributed by atoms with van der Waals surface area (Å²) >= 11 is 18.5. The average molecular weight is 526 g/mol. The fourth-order valence-corrected chi connectivity index (χ4v) is 4.97. The van der Waals surface area contributed by atoms with E-state index in [4.69, 9.17) is 49.3 Å². The number of nitrogens with zero attached hydrogens (tertiary/aromatic N) is 2. The second-order valence-corrected chi connectivity index (χ2v) is 9.01. The Bertz CT molecular complexity index is 1380. The summed E-state index contributed by atoms with van der Waals surface area (Å²) in [6, 6.07) is 19.9. The first-order valence-corrected chi connectivity index (χ1v) is 11.9. The second kappa shape index (κ2) is 9.77. The number of nitrogens with one attached hydrogen (secondary N) is 1. The summed E-state index contributed by atoms with van der Waals surface area (Å²) in [5, 5.41) is 4.82. The van der Waals surface area contributed by atoms with Gasteiger partial charge in [0.2, 0.25) is 0 Å². The lowest BCUT2D eigenvalue weighted by atomic mass is 10.0. The van der Waals surface area contributed by atoms with Crippen molar-refractivity contribution in [1.82, 2.24) is 10.3 Å². The number of halogens is 2. The lowest BCUT2D eigenvalue weighted by Crippen LogP contribution is -2.29. The Morgan fingerprint density at radius 1 is 1.00 bits per heavy atom. The van der Waals surface area contributed by atoms with E-state index in [2.05, 4.69) is 10.3 Å². The van der Waals surface area contributed by atoms with Crippen molar-refractivity contribution in [3.63, 3.8) is 0 Å². The van der Waals surface area contributed by atoms with Gasteiger partial charge in [-0.1, -0.05) is 35.3 Å². The first-order valence-electron chi connectivity index (χ1n) is 10.8. The number of rotatable bonds is 6. The zero-order chi connectivity index (χ0) is 24.5. The normalized spacial score (nSPS) is 17.4. The highest BCUT2D eigenvalue weighted by Crippen LogP contribution is 2.47. The Morgan fingerprint density at radius 3 is 2.60 bits per heavy atom. The molecule has 0 spiro atoms. The van der Waals surface area contributed by atoms with Crippen LogP contribution in [-0.2, 0) is 0 Å². The molecule has 0 unspecified atom stereocenters. The number of pyridine rings is 1. The smallest absolute Gasteiger partial charge is 0.174 e. The maximum absolute atomic E-state index is 6.47. The summed E-state index contributed by atoms with van der Waals surface area (Å²) in [4.78, 5) is 6.55. The van der Waals surface area contributed by atoms with E-state index in [-0.39, 0.29) is 12.1 Å². The van der Waals surface area contributed by atoms with E-state index in [1.807, 2.05) is 65.6 Å². The van der Waals surface area contributed by atoms with Gasteiger partial charge in [0.15, 0.2) is 5.11 Å². The van der Waals surface area contributed by atoms with Gasteiger partial charge in [-0.2, -0.15) is 0 Å². The summed E-state index contributed by atoms with van der Waals surface area (Å²) in [7, 11) is 3.24. The highest BCUT2D eigenvalue weighted by Gasteiger charge is 2.43. The predicted molar refractivity (Wildman–Crippen MR) is 142 cm³/mol. The molecule has 0 radical (unpaired) electrons. The highest BCUT2D eigenvalue weighted by molar-refractivity contribution is 7.80. The van der Waals surface area contributed by atoms with Crippen LogP contribution in [0.2, 0.25) is 10.0 Å². The van der Waals surface area contributed by atoms with Crippen molar-refractivity contribution in [2.45, 2.75) is 12.1 Å². The van der Waals surface area contributed by atoms with Crippen molar-refractivity contribution in [2.75, 3.05) is 19.1 Å². The minimum atomic E-state index is -0.370. The summed E-state index contributed by atoms with van der Waals surface area (Å²) in [6.45, 7) is 0. The number of methoxy groups -OCH3 is 2. The van der Waals surface area contributed by atoms with E-state index in [9.17, 15) is 0 Å². The number of thiocarbonyl (C=S) groups is 1. The molecule has 2 aromatic carbocycles. The maximum atomic E-state index is 6.47. The molecule has 0 aliphatic carbocycles. The molecule has 0 bridgehead atoms. The molecule has 3 heterocycles. The lowest BCUT2D eigenvalue weighted by molar-refractivity contribution is 0.400. The quantitative estimate of drug-likeness (QED) is 0.276. The topological polar surface area (TPSA) is 59.8 Å². The van der Waals surface area contributed by atoms with E-state index in [1.165, 1.54) is 0 Å². The van der Waals surface area contributed by atoms with Crippen molar-refractivity contribution in [3.8, 4) is 22.8 Å². The summed E-state index contributed by atoms with van der Waals surface area (Å²) < 4.78 is 17.5. The summed E-state index contributed by atoms with van der Waals surface area (Å²) in [6.07, 6.45) is 1.76. The van der Waals surface area contributed by atoms with Crippen LogP contribution in [-0.4, -0.2) is 24.3 Å². The predicted octanol–water partition coefficient (Wildman–Crippen LogP) is 6.84. The van der Waals surface area contributed by atoms with Gasteiger partial charge in [-0.3, -0.25) is 4.98 Å². The Balaban J connectivity index is 1.65. The standard InChI is InChI=1S/C26H21Cl2N3O3S/c1-32-15-9-10-21(33-2)19(14-15)31-25(24(30-26(31)35)18-8-3-4-13-29-18)22-12-11-20(34-22)16-6-5-7-17(27)23(16)28/h3-14,24-25H,1-2H3,(H,30,35)/t24-,25-/m0/s1. The van der Waals surface area contributed by atoms with E-state index in [0.717, 1.165) is 11.4 Å². The molecule has 1 aliphatic rings. The van der Waals surface area contributed by atoms with Crippen LogP contribution >= 0.6 is 35.4 Å². The van der Waals surface area contributed by atoms with Gasteiger partial charge < -0.3 is 24.1 Å². The number of benzene rings is 2. The zero-order valence-electron chi connectivity index (χ0n) is 18.9. The van der Waals surface area contributed by atoms with Crippen LogP contribution in [0, 0.1) is 0 Å². The molecular formula is C26H21Cl2N3O3S. The molecule has 0 saturated carbocycles. The van der Waals surface area contributed by atoms with E-state index in [0.29, 0.717) is 43.7 Å². The van der Waals surface area contributed by atoms with Gasteiger partial charge in [-0.05, 0) is 60.7 Å². The Hall–Kier alpha value is -3.26. The van der Waals surface area contributed by atoms with Gasteiger partial charge in [0.05, 0.1) is 41.7 Å². The molecule has 2 atom stereocenters. The molecule has 1 saturated heterocycles. The van der Waals surface area contributed by atoms with Gasteiger partial charge in [0.25, 0.3) is 0 Å². The number of aromatic nitrogens is 1. The van der Waals surface area contributed by atoms with E-state index >= 15 is 0 Å². The van der Waals surface area contributed by atoms with Crippen molar-refractivity contribution in [3.05, 3.63) is 94.4 Å². The van der Waals surface area contributed by atoms with Gasteiger partial charge in [-0.25, -0.2) is 0 Å². The number of anilines is 1. The largest absolute Gasteiger partial charge is 0.497 e. The minimum Gasteiger partial charge on any atom is -0.497 e. The molecular weight excluding hydrogens is 505 g/mol. The third-order valence-corrected chi connectivity index (χ3v) is 7.01. The van der Waals surface area contributed by atoms with Gasteiger partial charge >= 0.3 is 0 Å². The number of hydrogen-bond donors (Lipinski definition) is 1. The van der Waals surface area contributed by atoms with Crippen molar-refractivity contribution >= 4 is 46.2 Å². The van der Waals surface area contributed by atoms with E-state index in [1.54, 1.807) is 26.5 Å². The second-order valence-electron chi connectivity index (χ2n) is 7.84. The lowest BCUT2D eigenvalue weighted by Gasteiger charge is -2.27. The first-order chi connectivity index (χ1) is 17.0. The zero-order valence-corrected chi connectivity index (χ0v) is 21.2. The molecule has 0 amide bonds. The van der Waals surface area contributed by atoms with Crippen molar-refractivity contribution in [2.24, 2.45) is 0 Å². The van der Waals surface area contributed by atoms with Crippen LogP contribution in [0.3, 0.4) is 0 Å². The summed E-state index contributed by atoms with van der Waals surface area (Å²) in [5.74, 6) is 2.59. The molecule has 6 nitrogen and oxygen atoms in total. The van der Waals surface area contributed by atoms with Crippen molar-refractivity contribution < 1.29 is 13.9 Å². The Kier molecular flexibility index (Phi) is 6.56. The van der Waals surface area contributed by atoms with Crippen LogP contribution in [0.1, 0.15) is 23.5 Å². The highest BCUT2D eigenvalue weighted by atomic mass is 35.5. The molecule has 35 heavy (non-hydrogen) atoms. The Morgan fingerprint density at radius 2 is 1.86 bits per heavy atom. The SMILES string of the molecule is COc1ccc(OC)c(N2C(=S)N[C@@H](c3ccccn3)[C@@H]2c2ccc(-c3cccc(Cl)c3Cl)o2)c1. The van der Waals surface area contributed by atoms with Crippen molar-refractivity contribution in [1.29, 1.82) is 0 Å². The molecule has 9 heteroatoms. The van der Waals surface area contributed by atoms with Gasteiger partial charge in [0, 0.05) is 17.8 Å². The third kappa shape index (κ3) is 4.31. The van der Waals surface area contributed by atoms with Crippen LogP contribution in [0.4, 0.5) is 5.69 Å². The average Bonchev–Trinajstić information content (AvgIpc) is 3.50. The first kappa shape index (κ1) is 23.5. The molecule has 178 valence electrons. The molecule has 2 aromatic heterocycles. The monoisotopic (exact) mass is 525 g/mol. The maximum Gasteiger partial charge on any atom is 0.174 e. The van der Waals surface area contributed by atoms with Crippen LogP contribution in [0.5, 0.6) is 11.5 Å². The summed E-state index contributed by atoms with van der Waals surface area (Å²) in [5.41, 5.74) is 2.27. The van der Waals surface area contributed by atoms with Crippen LogP contribution in [0.25, 0.3) is 11.3 Å². The number of ether oxygens (including phenoxy) is 2. The van der Waals surface area contributed by atoms with Crippen LogP contribution in [0.15, 0.2) is 77.3 Å². The fourth-order valence-electron chi connectivity index (χ4n) is 4.24. The molecule has 1 N–H and O–H groups in total. The minimum absolute atomic E-state index is 0.284. The fraction of sp³-hybridized carbons (Fsp3) is 0.154. The Labute approximate surface area is 218 Å². The molecule has 1 fully saturated rings. The third-order valence-electron chi connectivity index (χ3n) is 5.88.